The molecule has 0 fully saturated rings. The van der Waals surface area contributed by atoms with Crippen molar-refractivity contribution in [2.45, 2.75) is 38.3 Å². The summed E-state index contributed by atoms with van der Waals surface area (Å²) in [5.41, 5.74) is 4.35. The summed E-state index contributed by atoms with van der Waals surface area (Å²) in [5.74, 6) is -2.33. The summed E-state index contributed by atoms with van der Waals surface area (Å²) in [6.45, 7) is 2.92. The third-order valence-electron chi connectivity index (χ3n) is 2.05. The monoisotopic (exact) mass is 246 g/mol. The third kappa shape index (κ3) is 5.86. The molecule has 17 heavy (non-hydrogen) atoms. The quantitative estimate of drug-likeness (QED) is 0.530. The van der Waals surface area contributed by atoms with Crippen molar-refractivity contribution in [3.05, 3.63) is 0 Å². The summed E-state index contributed by atoms with van der Waals surface area (Å²) in [6.07, 6.45) is -0.122. The number of carbonyl (C=O) groups excluding carboxylic acids is 2. The van der Waals surface area contributed by atoms with Gasteiger partial charge in [0.05, 0.1) is 12.6 Å². The lowest BCUT2D eigenvalue weighted by Crippen LogP contribution is -2.54. The molecule has 0 aliphatic rings. The number of nitrogens with one attached hydrogen (secondary N) is 1. The van der Waals surface area contributed by atoms with Crippen LogP contribution in [0, 0.1) is 0 Å². The molecule has 0 aromatic carbocycles. The number of carboxylic acids is 1. The molecule has 7 heteroatoms. The zero-order valence-electron chi connectivity index (χ0n) is 10.1. The minimum atomic E-state index is -1.22. The van der Waals surface area contributed by atoms with Gasteiger partial charge in [-0.1, -0.05) is 0 Å². The van der Waals surface area contributed by atoms with Crippen LogP contribution in [0.15, 0.2) is 0 Å². The number of aliphatic carboxylic acids is 1. The SMILES string of the molecule is COC(=O)CCC(NC(=O)C(C)(C)N)C(=O)O. The minimum Gasteiger partial charge on any atom is -0.480 e. The van der Waals surface area contributed by atoms with Gasteiger partial charge in [0, 0.05) is 6.42 Å². The molecule has 0 aromatic rings. The highest BCUT2D eigenvalue weighted by Crippen LogP contribution is 2.03. The summed E-state index contributed by atoms with van der Waals surface area (Å²) in [4.78, 5) is 33.2. The highest BCUT2D eigenvalue weighted by atomic mass is 16.5. The first-order valence-corrected chi connectivity index (χ1v) is 5.08. The van der Waals surface area contributed by atoms with E-state index in [-0.39, 0.29) is 12.8 Å². The van der Waals surface area contributed by atoms with Crippen molar-refractivity contribution in [1.82, 2.24) is 5.32 Å². The first-order chi connectivity index (χ1) is 7.68. The van der Waals surface area contributed by atoms with E-state index < -0.39 is 29.4 Å². The predicted molar refractivity (Wildman–Crippen MR) is 59.1 cm³/mol. The van der Waals surface area contributed by atoms with Gasteiger partial charge >= 0.3 is 11.9 Å². The highest BCUT2D eigenvalue weighted by molar-refractivity contribution is 5.89. The van der Waals surface area contributed by atoms with Crippen LogP contribution in [0.4, 0.5) is 0 Å². The lowest BCUT2D eigenvalue weighted by molar-refractivity contribution is -0.144. The second kappa shape index (κ2) is 6.19. The second-order valence-electron chi connectivity index (χ2n) is 4.20. The first-order valence-electron chi connectivity index (χ1n) is 5.08. The summed E-state index contributed by atoms with van der Waals surface area (Å²) in [5, 5.41) is 11.1. The lowest BCUT2D eigenvalue weighted by atomic mass is 10.0. The van der Waals surface area contributed by atoms with Crippen LogP contribution in [0.2, 0.25) is 0 Å². The van der Waals surface area contributed by atoms with E-state index in [9.17, 15) is 14.4 Å². The Morgan fingerprint density at radius 3 is 2.29 bits per heavy atom. The number of nitrogens with two attached hydrogens (primary N) is 1. The van der Waals surface area contributed by atoms with E-state index in [1.165, 1.54) is 21.0 Å². The molecule has 7 nitrogen and oxygen atoms in total. The Morgan fingerprint density at radius 2 is 1.94 bits per heavy atom. The molecule has 1 atom stereocenters. The third-order valence-corrected chi connectivity index (χ3v) is 2.05. The fourth-order valence-electron chi connectivity index (χ4n) is 0.966. The number of hydrogen-bond acceptors (Lipinski definition) is 5. The molecular weight excluding hydrogens is 228 g/mol. The van der Waals surface area contributed by atoms with E-state index in [2.05, 4.69) is 10.1 Å². The van der Waals surface area contributed by atoms with E-state index in [0.29, 0.717) is 0 Å². The Bertz CT molecular complexity index is 308. The summed E-state index contributed by atoms with van der Waals surface area (Å²) in [6, 6.07) is -1.15. The molecule has 0 aliphatic heterocycles. The topological polar surface area (TPSA) is 119 Å². The largest absolute Gasteiger partial charge is 0.480 e. The number of rotatable bonds is 6. The molecule has 0 bridgehead atoms. The van der Waals surface area contributed by atoms with E-state index in [1.54, 1.807) is 0 Å². The Balaban J connectivity index is 4.41. The number of ether oxygens (including phenoxy) is 1. The molecule has 0 saturated carbocycles. The Hall–Kier alpha value is -1.63. The van der Waals surface area contributed by atoms with Crippen LogP contribution in [-0.4, -0.2) is 41.6 Å². The van der Waals surface area contributed by atoms with Gasteiger partial charge in [-0.25, -0.2) is 4.79 Å². The molecule has 4 N–H and O–H groups in total. The Kier molecular flexibility index (Phi) is 5.60. The first kappa shape index (κ1) is 15.4. The molecule has 98 valence electrons. The second-order valence-corrected chi connectivity index (χ2v) is 4.20. The smallest absolute Gasteiger partial charge is 0.326 e. The van der Waals surface area contributed by atoms with Crippen molar-refractivity contribution in [3.63, 3.8) is 0 Å². The van der Waals surface area contributed by atoms with Gasteiger partial charge in [-0.2, -0.15) is 0 Å². The summed E-state index contributed by atoms with van der Waals surface area (Å²) >= 11 is 0. The van der Waals surface area contributed by atoms with Gasteiger partial charge in [0.25, 0.3) is 0 Å². The van der Waals surface area contributed by atoms with Gasteiger partial charge in [-0.3, -0.25) is 9.59 Å². The number of carboxylic acid groups (broad SMARTS) is 1. The van der Waals surface area contributed by atoms with Gasteiger partial charge in [-0.15, -0.1) is 0 Å². The molecule has 0 radical (unpaired) electrons. The summed E-state index contributed by atoms with van der Waals surface area (Å²) in [7, 11) is 1.21. The Labute approximate surface area is 99.3 Å². The fourth-order valence-corrected chi connectivity index (χ4v) is 0.966. The van der Waals surface area contributed by atoms with E-state index in [4.69, 9.17) is 10.8 Å². The zero-order valence-corrected chi connectivity index (χ0v) is 10.1. The number of esters is 1. The number of carbonyl (C=O) groups is 3. The Morgan fingerprint density at radius 1 is 1.41 bits per heavy atom. The molecular formula is C10H18N2O5. The van der Waals surface area contributed by atoms with Gasteiger partial charge in [-0.05, 0) is 20.3 Å². The fraction of sp³-hybridized carbons (Fsp3) is 0.700. The van der Waals surface area contributed by atoms with Crippen molar-refractivity contribution >= 4 is 17.8 Å². The van der Waals surface area contributed by atoms with Crippen LogP contribution >= 0.6 is 0 Å². The minimum absolute atomic E-state index is 0.0379. The molecule has 0 aliphatic carbocycles. The van der Waals surface area contributed by atoms with Crippen LogP contribution in [0.3, 0.4) is 0 Å². The van der Waals surface area contributed by atoms with Crippen molar-refractivity contribution in [2.75, 3.05) is 7.11 Å². The molecule has 0 spiro atoms. The molecule has 0 aromatic heterocycles. The van der Waals surface area contributed by atoms with Gasteiger partial charge < -0.3 is 20.9 Å². The molecule has 1 amide bonds. The van der Waals surface area contributed by atoms with Crippen LogP contribution in [0.1, 0.15) is 26.7 Å². The van der Waals surface area contributed by atoms with Crippen LogP contribution in [0.5, 0.6) is 0 Å². The van der Waals surface area contributed by atoms with E-state index in [1.807, 2.05) is 0 Å². The molecule has 0 rings (SSSR count). The predicted octanol–water partition coefficient (Wildman–Crippen LogP) is -0.754. The molecule has 0 heterocycles. The number of methoxy groups -OCH3 is 1. The van der Waals surface area contributed by atoms with Crippen LogP contribution in [0.25, 0.3) is 0 Å². The van der Waals surface area contributed by atoms with Gasteiger partial charge in [0.15, 0.2) is 0 Å². The lowest BCUT2D eigenvalue weighted by Gasteiger charge is -2.21. The van der Waals surface area contributed by atoms with E-state index in [0.717, 1.165) is 0 Å². The normalized spacial score (nSPS) is 12.7. The maximum atomic E-state index is 11.5. The molecule has 1 unspecified atom stereocenters. The highest BCUT2D eigenvalue weighted by Gasteiger charge is 2.28. The molecule has 0 saturated heterocycles. The maximum Gasteiger partial charge on any atom is 0.326 e. The van der Waals surface area contributed by atoms with Crippen molar-refractivity contribution in [2.24, 2.45) is 5.73 Å². The van der Waals surface area contributed by atoms with Crippen molar-refractivity contribution in [1.29, 1.82) is 0 Å². The van der Waals surface area contributed by atoms with Gasteiger partial charge in [0.1, 0.15) is 6.04 Å². The number of amides is 1. The average molecular weight is 246 g/mol. The van der Waals surface area contributed by atoms with Crippen LogP contribution in [-0.2, 0) is 19.1 Å². The average Bonchev–Trinajstić information content (AvgIpc) is 2.21. The summed E-state index contributed by atoms with van der Waals surface area (Å²) < 4.78 is 4.38. The van der Waals surface area contributed by atoms with Crippen LogP contribution < -0.4 is 11.1 Å². The van der Waals surface area contributed by atoms with Crippen molar-refractivity contribution in [3.8, 4) is 0 Å². The zero-order chi connectivity index (χ0) is 13.6. The van der Waals surface area contributed by atoms with E-state index >= 15 is 0 Å². The van der Waals surface area contributed by atoms with Crippen molar-refractivity contribution < 1.29 is 24.2 Å². The maximum absolute atomic E-state index is 11.5. The standard InChI is InChI=1S/C10H18N2O5/c1-10(2,11)9(16)12-6(8(14)15)4-5-7(13)17-3/h6H,4-5,11H2,1-3H3,(H,12,16)(H,14,15). The van der Waals surface area contributed by atoms with Gasteiger partial charge in [0.2, 0.25) is 5.91 Å². The number of hydrogen-bond donors (Lipinski definition) is 3.